The fourth-order valence-corrected chi connectivity index (χ4v) is 2.67. The van der Waals surface area contributed by atoms with E-state index in [1.807, 2.05) is 24.3 Å². The fourth-order valence-electron chi connectivity index (χ4n) is 2.67. The number of halogens is 3. The summed E-state index contributed by atoms with van der Waals surface area (Å²) in [6.07, 6.45) is -4.47. The molecule has 25 heavy (non-hydrogen) atoms. The number of nitrogens with zero attached hydrogens (tertiary/aromatic N) is 4. The number of anilines is 2. The van der Waals surface area contributed by atoms with Crippen molar-refractivity contribution in [3.63, 3.8) is 0 Å². The third-order valence-corrected chi connectivity index (χ3v) is 4.06. The van der Waals surface area contributed by atoms with E-state index in [0.717, 1.165) is 43.6 Å². The minimum atomic E-state index is -4.47. The average molecular weight is 352 g/mol. The Morgan fingerprint density at radius 1 is 1.04 bits per heavy atom. The van der Waals surface area contributed by atoms with Gasteiger partial charge in [-0.15, -0.1) is 10.2 Å². The van der Waals surface area contributed by atoms with Gasteiger partial charge in [0.25, 0.3) is 0 Å². The number of morpholine rings is 1. The Kier molecular flexibility index (Phi) is 5.08. The zero-order chi connectivity index (χ0) is 17.9. The van der Waals surface area contributed by atoms with E-state index in [2.05, 4.69) is 15.1 Å². The molecule has 1 saturated heterocycles. The predicted molar refractivity (Wildman–Crippen MR) is 88.6 cm³/mol. The van der Waals surface area contributed by atoms with E-state index in [-0.39, 0.29) is 0 Å². The summed E-state index contributed by atoms with van der Waals surface area (Å²) in [7, 11) is 1.77. The van der Waals surface area contributed by atoms with Gasteiger partial charge in [0.05, 0.1) is 13.2 Å². The van der Waals surface area contributed by atoms with Crippen LogP contribution in [0.3, 0.4) is 0 Å². The van der Waals surface area contributed by atoms with Crippen molar-refractivity contribution in [3.8, 4) is 0 Å². The van der Waals surface area contributed by atoms with Crippen LogP contribution in [0.25, 0.3) is 0 Å². The van der Waals surface area contributed by atoms with Crippen molar-refractivity contribution in [1.29, 1.82) is 0 Å². The van der Waals surface area contributed by atoms with Gasteiger partial charge in [-0.25, -0.2) is 0 Å². The lowest BCUT2D eigenvalue weighted by atomic mass is 10.1. The summed E-state index contributed by atoms with van der Waals surface area (Å²) in [6.45, 7) is 3.75. The highest BCUT2D eigenvalue weighted by Crippen LogP contribution is 2.27. The minimum absolute atomic E-state index is 0.394. The number of ether oxygens (including phenoxy) is 1. The molecule has 1 aliphatic rings. The zero-order valence-corrected chi connectivity index (χ0v) is 13.8. The molecule has 2 aromatic rings. The van der Waals surface area contributed by atoms with E-state index in [1.165, 1.54) is 6.07 Å². The molecule has 2 heterocycles. The molecule has 1 aromatic carbocycles. The van der Waals surface area contributed by atoms with Gasteiger partial charge in [-0.05, 0) is 29.8 Å². The standard InChI is InChI=1S/C17H19F3N4O/c1-23(16-7-6-15(21-22-16)17(18,19)20)12-13-2-4-14(5-3-13)24-8-10-25-11-9-24/h2-7H,8-12H2,1H3. The Hall–Kier alpha value is -2.35. The molecule has 0 saturated carbocycles. The summed E-state index contributed by atoms with van der Waals surface area (Å²) in [4.78, 5) is 4.02. The first kappa shape index (κ1) is 17.5. The third-order valence-electron chi connectivity index (χ3n) is 4.06. The van der Waals surface area contributed by atoms with Crippen LogP contribution in [0.5, 0.6) is 0 Å². The van der Waals surface area contributed by atoms with Crippen LogP contribution in [0.4, 0.5) is 24.7 Å². The molecular weight excluding hydrogens is 333 g/mol. The first-order valence-corrected chi connectivity index (χ1v) is 7.97. The van der Waals surface area contributed by atoms with Crippen molar-refractivity contribution in [2.75, 3.05) is 43.2 Å². The van der Waals surface area contributed by atoms with E-state index >= 15 is 0 Å². The Morgan fingerprint density at radius 2 is 1.72 bits per heavy atom. The molecule has 0 radical (unpaired) electrons. The van der Waals surface area contributed by atoms with Crippen molar-refractivity contribution >= 4 is 11.5 Å². The number of alkyl halides is 3. The molecule has 1 aliphatic heterocycles. The van der Waals surface area contributed by atoms with E-state index in [9.17, 15) is 13.2 Å². The third kappa shape index (κ3) is 4.39. The first-order valence-electron chi connectivity index (χ1n) is 7.97. The van der Waals surface area contributed by atoms with Gasteiger partial charge < -0.3 is 14.5 Å². The van der Waals surface area contributed by atoms with E-state index in [0.29, 0.717) is 12.4 Å². The maximum absolute atomic E-state index is 12.5. The number of hydrogen-bond acceptors (Lipinski definition) is 5. The molecule has 0 aliphatic carbocycles. The van der Waals surface area contributed by atoms with E-state index in [4.69, 9.17) is 4.74 Å². The maximum Gasteiger partial charge on any atom is 0.435 e. The quantitative estimate of drug-likeness (QED) is 0.846. The molecule has 0 spiro atoms. The molecule has 0 unspecified atom stereocenters. The Bertz CT molecular complexity index is 683. The normalized spacial score (nSPS) is 15.3. The molecule has 0 atom stereocenters. The molecule has 8 heteroatoms. The molecule has 0 N–H and O–H groups in total. The van der Waals surface area contributed by atoms with Crippen molar-refractivity contribution in [2.45, 2.75) is 12.7 Å². The summed E-state index contributed by atoms with van der Waals surface area (Å²) in [5.74, 6) is 0.394. The lowest BCUT2D eigenvalue weighted by Gasteiger charge is -2.29. The summed E-state index contributed by atoms with van der Waals surface area (Å²) in [5, 5.41) is 6.92. The zero-order valence-electron chi connectivity index (χ0n) is 13.8. The first-order chi connectivity index (χ1) is 11.9. The molecule has 0 bridgehead atoms. The predicted octanol–water partition coefficient (Wildman–Crippen LogP) is 2.97. The van der Waals surface area contributed by atoms with Gasteiger partial charge in [-0.3, -0.25) is 0 Å². The van der Waals surface area contributed by atoms with Crippen molar-refractivity contribution in [2.24, 2.45) is 0 Å². The van der Waals surface area contributed by atoms with Gasteiger partial charge in [0, 0.05) is 32.4 Å². The number of aromatic nitrogens is 2. The molecule has 0 amide bonds. The summed E-state index contributed by atoms with van der Waals surface area (Å²) in [5.41, 5.74) is 1.20. The summed E-state index contributed by atoms with van der Waals surface area (Å²) < 4.78 is 42.9. The molecule has 3 rings (SSSR count). The maximum atomic E-state index is 12.5. The number of benzene rings is 1. The van der Waals surface area contributed by atoms with Crippen LogP contribution in [0, 0.1) is 0 Å². The van der Waals surface area contributed by atoms with Gasteiger partial charge in [0.1, 0.15) is 0 Å². The van der Waals surface area contributed by atoms with Crippen LogP contribution in [0.15, 0.2) is 36.4 Å². The molecule has 1 aromatic heterocycles. The van der Waals surface area contributed by atoms with Crippen LogP contribution in [0.2, 0.25) is 0 Å². The highest BCUT2D eigenvalue weighted by Gasteiger charge is 2.33. The van der Waals surface area contributed by atoms with Gasteiger partial charge in [0.15, 0.2) is 11.5 Å². The smallest absolute Gasteiger partial charge is 0.378 e. The SMILES string of the molecule is CN(Cc1ccc(N2CCOCC2)cc1)c1ccc(C(F)(F)F)nn1. The molecule has 1 fully saturated rings. The molecular formula is C17H19F3N4O. The van der Waals surface area contributed by atoms with E-state index in [1.54, 1.807) is 11.9 Å². The van der Waals surface area contributed by atoms with Gasteiger partial charge in [0.2, 0.25) is 0 Å². The molecule has 134 valence electrons. The number of rotatable bonds is 4. The van der Waals surface area contributed by atoms with E-state index < -0.39 is 11.9 Å². The van der Waals surface area contributed by atoms with Gasteiger partial charge >= 0.3 is 6.18 Å². The Morgan fingerprint density at radius 3 is 2.28 bits per heavy atom. The fraction of sp³-hybridized carbons (Fsp3) is 0.412. The van der Waals surface area contributed by atoms with Crippen LogP contribution < -0.4 is 9.80 Å². The highest BCUT2D eigenvalue weighted by atomic mass is 19.4. The van der Waals surface area contributed by atoms with Crippen LogP contribution in [-0.2, 0) is 17.5 Å². The highest BCUT2D eigenvalue weighted by molar-refractivity contribution is 5.48. The lowest BCUT2D eigenvalue weighted by Crippen LogP contribution is -2.36. The van der Waals surface area contributed by atoms with Crippen LogP contribution in [0.1, 0.15) is 11.3 Å². The Balaban J connectivity index is 1.63. The lowest BCUT2D eigenvalue weighted by molar-refractivity contribution is -0.141. The van der Waals surface area contributed by atoms with Crippen molar-refractivity contribution in [1.82, 2.24) is 10.2 Å². The number of hydrogen-bond donors (Lipinski definition) is 0. The summed E-state index contributed by atoms with van der Waals surface area (Å²) >= 11 is 0. The van der Waals surface area contributed by atoms with Crippen molar-refractivity contribution in [3.05, 3.63) is 47.7 Å². The molecule has 5 nitrogen and oxygen atoms in total. The van der Waals surface area contributed by atoms with Gasteiger partial charge in [-0.1, -0.05) is 12.1 Å². The van der Waals surface area contributed by atoms with Crippen molar-refractivity contribution < 1.29 is 17.9 Å². The second-order valence-electron chi connectivity index (χ2n) is 5.90. The van der Waals surface area contributed by atoms with Crippen LogP contribution in [-0.4, -0.2) is 43.5 Å². The monoisotopic (exact) mass is 352 g/mol. The second kappa shape index (κ2) is 7.26. The average Bonchev–Trinajstić information content (AvgIpc) is 2.62. The largest absolute Gasteiger partial charge is 0.435 e. The summed E-state index contributed by atoms with van der Waals surface area (Å²) in [6, 6.07) is 10.4. The Labute approximate surface area is 144 Å². The topological polar surface area (TPSA) is 41.5 Å². The van der Waals surface area contributed by atoms with Gasteiger partial charge in [-0.2, -0.15) is 13.2 Å². The second-order valence-corrected chi connectivity index (χ2v) is 5.90. The minimum Gasteiger partial charge on any atom is -0.378 e. The van der Waals surface area contributed by atoms with Crippen LogP contribution >= 0.6 is 0 Å².